The van der Waals surface area contributed by atoms with E-state index in [1.54, 1.807) is 0 Å². The lowest BCUT2D eigenvalue weighted by atomic mass is 10.0. The molecule has 1 aromatic carbocycles. The molecular formula is C20H28N4O. The van der Waals surface area contributed by atoms with Crippen molar-refractivity contribution >= 4 is 11.6 Å². The molecule has 25 heavy (non-hydrogen) atoms. The molecule has 3 rings (SSSR count). The summed E-state index contributed by atoms with van der Waals surface area (Å²) in [7, 11) is 0. The molecule has 0 saturated carbocycles. The topological polar surface area (TPSA) is 50.2 Å². The van der Waals surface area contributed by atoms with Crippen LogP contribution in [0.15, 0.2) is 30.3 Å². The molecule has 1 fully saturated rings. The van der Waals surface area contributed by atoms with E-state index in [-0.39, 0.29) is 11.9 Å². The summed E-state index contributed by atoms with van der Waals surface area (Å²) in [6, 6.07) is 10.5. The first-order valence-electron chi connectivity index (χ1n) is 8.93. The molecule has 1 unspecified atom stereocenters. The van der Waals surface area contributed by atoms with Gasteiger partial charge in [0, 0.05) is 24.5 Å². The highest BCUT2D eigenvalue weighted by Crippen LogP contribution is 2.26. The first-order chi connectivity index (χ1) is 11.8. The number of rotatable bonds is 4. The van der Waals surface area contributed by atoms with Crippen LogP contribution in [-0.2, 0) is 4.79 Å². The highest BCUT2D eigenvalue weighted by atomic mass is 16.2. The fourth-order valence-electron chi connectivity index (χ4n) is 3.59. The van der Waals surface area contributed by atoms with Crippen molar-refractivity contribution in [3.63, 3.8) is 0 Å². The number of likely N-dealkylation sites (tertiary alicyclic amines) is 1. The Hall–Kier alpha value is -2.30. The predicted molar refractivity (Wildman–Crippen MR) is 101 cm³/mol. The molecule has 1 saturated heterocycles. The standard InChI is InChI=1S/C20H28N4O/c1-14-6-8-17(9-7-14)21-20(4,5)19(25)23-11-10-18(13-23)24-16(3)12-15(2)22-24/h6-9,12,18,21H,10-11,13H2,1-5H3. The molecular weight excluding hydrogens is 312 g/mol. The third-order valence-corrected chi connectivity index (χ3v) is 4.88. The number of benzene rings is 1. The number of aromatic nitrogens is 2. The molecule has 2 aromatic rings. The number of hydrogen-bond donors (Lipinski definition) is 1. The molecule has 1 aromatic heterocycles. The molecule has 0 radical (unpaired) electrons. The van der Waals surface area contributed by atoms with Crippen molar-refractivity contribution in [3.05, 3.63) is 47.3 Å². The van der Waals surface area contributed by atoms with Gasteiger partial charge in [-0.15, -0.1) is 0 Å². The van der Waals surface area contributed by atoms with Gasteiger partial charge < -0.3 is 10.2 Å². The summed E-state index contributed by atoms with van der Waals surface area (Å²) in [4.78, 5) is 15.0. The summed E-state index contributed by atoms with van der Waals surface area (Å²) in [5.41, 5.74) is 3.73. The fourth-order valence-corrected chi connectivity index (χ4v) is 3.59. The van der Waals surface area contributed by atoms with Gasteiger partial charge in [-0.3, -0.25) is 9.48 Å². The Kier molecular flexibility index (Phi) is 4.58. The Morgan fingerprint density at radius 3 is 2.48 bits per heavy atom. The van der Waals surface area contributed by atoms with Gasteiger partial charge in [-0.05, 0) is 59.2 Å². The van der Waals surface area contributed by atoms with Crippen LogP contribution in [0.25, 0.3) is 0 Å². The van der Waals surface area contributed by atoms with Crippen LogP contribution in [0.2, 0.25) is 0 Å². The summed E-state index contributed by atoms with van der Waals surface area (Å²) in [6.45, 7) is 11.5. The maximum Gasteiger partial charge on any atom is 0.247 e. The van der Waals surface area contributed by atoms with Crippen LogP contribution in [0.3, 0.4) is 0 Å². The molecule has 0 spiro atoms. The van der Waals surface area contributed by atoms with Gasteiger partial charge in [0.2, 0.25) is 5.91 Å². The number of hydrogen-bond acceptors (Lipinski definition) is 3. The van der Waals surface area contributed by atoms with E-state index in [0.717, 1.165) is 36.6 Å². The number of carbonyl (C=O) groups is 1. The van der Waals surface area contributed by atoms with Gasteiger partial charge in [0.15, 0.2) is 0 Å². The minimum absolute atomic E-state index is 0.136. The number of anilines is 1. The van der Waals surface area contributed by atoms with Crippen molar-refractivity contribution in [3.8, 4) is 0 Å². The van der Waals surface area contributed by atoms with E-state index in [1.807, 2.05) is 37.8 Å². The van der Waals surface area contributed by atoms with E-state index < -0.39 is 5.54 Å². The Balaban J connectivity index is 1.68. The smallest absolute Gasteiger partial charge is 0.247 e. The molecule has 0 aliphatic carbocycles. The van der Waals surface area contributed by atoms with E-state index in [2.05, 4.69) is 47.1 Å². The number of aryl methyl sites for hydroxylation is 3. The third-order valence-electron chi connectivity index (χ3n) is 4.88. The van der Waals surface area contributed by atoms with Crippen molar-refractivity contribution < 1.29 is 4.79 Å². The maximum absolute atomic E-state index is 13.0. The molecule has 1 amide bonds. The monoisotopic (exact) mass is 340 g/mol. The van der Waals surface area contributed by atoms with Gasteiger partial charge in [0.25, 0.3) is 0 Å². The molecule has 134 valence electrons. The van der Waals surface area contributed by atoms with E-state index in [0.29, 0.717) is 0 Å². The second kappa shape index (κ2) is 6.54. The summed E-state index contributed by atoms with van der Waals surface area (Å²) in [5.74, 6) is 0.136. The quantitative estimate of drug-likeness (QED) is 0.927. The lowest BCUT2D eigenvalue weighted by Gasteiger charge is -2.31. The summed E-state index contributed by atoms with van der Waals surface area (Å²) < 4.78 is 2.07. The van der Waals surface area contributed by atoms with Gasteiger partial charge in [-0.2, -0.15) is 5.10 Å². The lowest BCUT2D eigenvalue weighted by Crippen LogP contribution is -2.49. The minimum atomic E-state index is -0.640. The van der Waals surface area contributed by atoms with E-state index >= 15 is 0 Å². The molecule has 1 aliphatic heterocycles. The zero-order valence-corrected chi connectivity index (χ0v) is 15.8. The molecule has 1 aliphatic rings. The van der Waals surface area contributed by atoms with Crippen molar-refractivity contribution in [2.75, 3.05) is 18.4 Å². The predicted octanol–water partition coefficient (Wildman–Crippen LogP) is 3.47. The molecule has 1 atom stereocenters. The van der Waals surface area contributed by atoms with Gasteiger partial charge in [-0.1, -0.05) is 17.7 Å². The highest BCUT2D eigenvalue weighted by molar-refractivity contribution is 5.88. The Morgan fingerprint density at radius 2 is 1.88 bits per heavy atom. The number of nitrogens with zero attached hydrogens (tertiary/aromatic N) is 3. The van der Waals surface area contributed by atoms with Gasteiger partial charge >= 0.3 is 0 Å². The average molecular weight is 340 g/mol. The van der Waals surface area contributed by atoms with Crippen molar-refractivity contribution in [1.29, 1.82) is 0 Å². The number of nitrogens with one attached hydrogen (secondary N) is 1. The lowest BCUT2D eigenvalue weighted by molar-refractivity contribution is -0.134. The average Bonchev–Trinajstić information content (AvgIpc) is 3.15. The van der Waals surface area contributed by atoms with Crippen molar-refractivity contribution in [2.45, 2.75) is 52.6 Å². The highest BCUT2D eigenvalue weighted by Gasteiger charge is 2.36. The third kappa shape index (κ3) is 3.70. The van der Waals surface area contributed by atoms with Gasteiger partial charge in [0.1, 0.15) is 5.54 Å². The normalized spacial score (nSPS) is 17.8. The molecule has 5 heteroatoms. The van der Waals surface area contributed by atoms with Crippen LogP contribution >= 0.6 is 0 Å². The van der Waals surface area contributed by atoms with Gasteiger partial charge in [-0.25, -0.2) is 0 Å². The van der Waals surface area contributed by atoms with E-state index in [1.165, 1.54) is 5.56 Å². The molecule has 5 nitrogen and oxygen atoms in total. The number of amides is 1. The zero-order chi connectivity index (χ0) is 18.2. The largest absolute Gasteiger partial charge is 0.372 e. The van der Waals surface area contributed by atoms with Crippen LogP contribution in [0.1, 0.15) is 43.3 Å². The number of carbonyl (C=O) groups excluding carboxylic acids is 1. The molecule has 1 N–H and O–H groups in total. The Labute approximate surface area is 150 Å². The van der Waals surface area contributed by atoms with Crippen LogP contribution in [-0.4, -0.2) is 39.2 Å². The second-order valence-electron chi connectivity index (χ2n) is 7.68. The Bertz CT molecular complexity index is 761. The van der Waals surface area contributed by atoms with Crippen molar-refractivity contribution in [1.82, 2.24) is 14.7 Å². The second-order valence-corrected chi connectivity index (χ2v) is 7.68. The first-order valence-corrected chi connectivity index (χ1v) is 8.93. The van der Waals surface area contributed by atoms with Crippen LogP contribution in [0.4, 0.5) is 5.69 Å². The molecule has 2 heterocycles. The zero-order valence-electron chi connectivity index (χ0n) is 15.8. The van der Waals surface area contributed by atoms with Crippen LogP contribution < -0.4 is 5.32 Å². The van der Waals surface area contributed by atoms with E-state index in [9.17, 15) is 4.79 Å². The van der Waals surface area contributed by atoms with E-state index in [4.69, 9.17) is 0 Å². The molecule has 0 bridgehead atoms. The summed E-state index contributed by atoms with van der Waals surface area (Å²) in [6.07, 6.45) is 0.953. The minimum Gasteiger partial charge on any atom is -0.372 e. The fraction of sp³-hybridized carbons (Fsp3) is 0.500. The van der Waals surface area contributed by atoms with Crippen LogP contribution in [0, 0.1) is 20.8 Å². The van der Waals surface area contributed by atoms with Gasteiger partial charge in [0.05, 0.1) is 11.7 Å². The summed E-state index contributed by atoms with van der Waals surface area (Å²) >= 11 is 0. The SMILES string of the molecule is Cc1ccc(NC(C)(C)C(=O)N2CCC(n3nc(C)cc3C)C2)cc1. The van der Waals surface area contributed by atoms with Crippen molar-refractivity contribution in [2.24, 2.45) is 0 Å². The van der Waals surface area contributed by atoms with Crippen LogP contribution in [0.5, 0.6) is 0 Å². The summed E-state index contributed by atoms with van der Waals surface area (Å²) in [5, 5.41) is 7.97. The first kappa shape index (κ1) is 17.5. The maximum atomic E-state index is 13.0. The Morgan fingerprint density at radius 1 is 1.20 bits per heavy atom.